The van der Waals surface area contributed by atoms with Gasteiger partial charge in [-0.05, 0) is 17.1 Å². The fourth-order valence-corrected chi connectivity index (χ4v) is 2.43. The molecule has 0 saturated heterocycles. The Bertz CT molecular complexity index is 280. The van der Waals surface area contributed by atoms with Gasteiger partial charge in [0.15, 0.2) is 0 Å². The van der Waals surface area contributed by atoms with Gasteiger partial charge in [0.1, 0.15) is 5.82 Å². The summed E-state index contributed by atoms with van der Waals surface area (Å²) >= 11 is 0.156. The summed E-state index contributed by atoms with van der Waals surface area (Å²) in [6.07, 6.45) is 4.17. The van der Waals surface area contributed by atoms with Crippen LogP contribution in [0.1, 0.15) is 11.5 Å². The molecule has 0 saturated carbocycles. The molecule has 0 aromatic carbocycles. The molecule has 1 aromatic rings. The van der Waals surface area contributed by atoms with Gasteiger partial charge in [0.2, 0.25) is 0 Å². The molecule has 0 aliphatic carbocycles. The fraction of sp³-hybridized carbons (Fsp3) is 0.143. The molecule has 0 N–H and O–H groups in total. The lowest BCUT2D eigenvalue weighted by Crippen LogP contribution is -1.95. The summed E-state index contributed by atoms with van der Waals surface area (Å²) in [5, 5.41) is 0. The van der Waals surface area contributed by atoms with E-state index in [0.29, 0.717) is 0 Å². The van der Waals surface area contributed by atoms with E-state index in [4.69, 9.17) is 0 Å². The molecule has 1 aliphatic rings. The van der Waals surface area contributed by atoms with E-state index in [1.165, 1.54) is 0 Å². The first-order valence-electron chi connectivity index (χ1n) is 3.03. The van der Waals surface area contributed by atoms with Crippen LogP contribution in [0.15, 0.2) is 10.3 Å². The lowest BCUT2D eigenvalue weighted by Gasteiger charge is -1.97. The molecule has 0 fully saturated rings. The van der Waals surface area contributed by atoms with Crippen LogP contribution in [0.5, 0.6) is 0 Å². The SMILES string of the molecule is Cc1cn2c(n1)C=CI=C2. The van der Waals surface area contributed by atoms with Gasteiger partial charge in [-0.1, -0.05) is 20.7 Å². The summed E-state index contributed by atoms with van der Waals surface area (Å²) in [5.41, 5.74) is 1.10. The first-order chi connectivity index (χ1) is 4.86. The number of fused-ring (bicyclic) bond motifs is 1. The third-order valence-corrected chi connectivity index (χ3v) is 3.02. The van der Waals surface area contributed by atoms with E-state index < -0.39 is 0 Å². The van der Waals surface area contributed by atoms with Crippen LogP contribution >= 0.6 is 20.7 Å². The van der Waals surface area contributed by atoms with Crippen molar-refractivity contribution in [3.05, 3.63) is 21.8 Å². The lowest BCUT2D eigenvalue weighted by atomic mass is 10.6. The molecule has 0 atom stereocenters. The fourth-order valence-electron chi connectivity index (χ4n) is 0.922. The van der Waals surface area contributed by atoms with Crippen molar-refractivity contribution in [3.8, 4) is 0 Å². The van der Waals surface area contributed by atoms with Crippen LogP contribution in [0.3, 0.4) is 0 Å². The highest BCUT2D eigenvalue weighted by Gasteiger charge is 2.00. The zero-order chi connectivity index (χ0) is 6.97. The predicted octanol–water partition coefficient (Wildman–Crippen LogP) is 1.75. The Labute approximate surface area is 69.3 Å². The van der Waals surface area contributed by atoms with Gasteiger partial charge in [0.05, 0.1) is 5.69 Å². The number of aromatic nitrogens is 2. The molecular weight excluding hydrogens is 239 g/mol. The largest absolute Gasteiger partial charge is 0.301 e. The van der Waals surface area contributed by atoms with Gasteiger partial charge < -0.3 is 4.57 Å². The number of imidazole rings is 1. The number of hydrogen-bond donors (Lipinski definition) is 0. The Morgan fingerprint density at radius 2 is 2.50 bits per heavy atom. The quantitative estimate of drug-likeness (QED) is 0.638. The molecule has 1 aliphatic heterocycles. The molecular formula is C7H7IN2. The number of nitrogens with zero attached hydrogens (tertiary/aromatic N) is 2. The van der Waals surface area contributed by atoms with E-state index in [2.05, 4.69) is 30.0 Å². The van der Waals surface area contributed by atoms with E-state index in [1.54, 1.807) is 0 Å². The van der Waals surface area contributed by atoms with Crippen LogP contribution in [-0.2, 0) is 0 Å². The molecule has 2 nitrogen and oxygen atoms in total. The maximum atomic E-state index is 4.31. The minimum absolute atomic E-state index is 0.156. The highest BCUT2D eigenvalue weighted by atomic mass is 127. The first kappa shape index (κ1) is 6.27. The van der Waals surface area contributed by atoms with E-state index in [9.17, 15) is 0 Å². The van der Waals surface area contributed by atoms with Gasteiger partial charge in [0, 0.05) is 10.3 Å². The molecule has 0 bridgehead atoms. The van der Waals surface area contributed by atoms with Crippen molar-refractivity contribution in [2.24, 2.45) is 0 Å². The van der Waals surface area contributed by atoms with Crippen molar-refractivity contribution >= 4 is 30.9 Å². The minimum Gasteiger partial charge on any atom is -0.301 e. The van der Waals surface area contributed by atoms with E-state index in [1.807, 2.05) is 6.92 Å². The summed E-state index contributed by atoms with van der Waals surface area (Å²) in [6.45, 7) is 2.02. The Balaban J connectivity index is 2.64. The van der Waals surface area contributed by atoms with E-state index in [0.717, 1.165) is 11.5 Å². The van der Waals surface area contributed by atoms with Crippen LogP contribution in [-0.4, -0.2) is 13.7 Å². The molecule has 52 valence electrons. The molecule has 10 heavy (non-hydrogen) atoms. The zero-order valence-corrected chi connectivity index (χ0v) is 7.74. The maximum Gasteiger partial charge on any atom is 0.137 e. The topological polar surface area (TPSA) is 17.8 Å². The molecule has 2 rings (SSSR count). The van der Waals surface area contributed by atoms with Crippen LogP contribution in [0.4, 0.5) is 0 Å². The van der Waals surface area contributed by atoms with Crippen LogP contribution in [0, 0.1) is 6.92 Å². The average molecular weight is 246 g/mol. The number of hydrogen-bond acceptors (Lipinski definition) is 1. The first-order valence-corrected chi connectivity index (χ1v) is 5.53. The second kappa shape index (κ2) is 2.30. The summed E-state index contributed by atoms with van der Waals surface area (Å²) < 4.78 is 6.57. The lowest BCUT2D eigenvalue weighted by molar-refractivity contribution is 1.15. The number of aryl methyl sites for hydroxylation is 1. The van der Waals surface area contributed by atoms with E-state index in [-0.39, 0.29) is 20.7 Å². The normalized spacial score (nSPS) is 14.5. The summed E-state index contributed by atoms with van der Waals surface area (Å²) in [6, 6.07) is 0. The third kappa shape index (κ3) is 0.941. The van der Waals surface area contributed by atoms with Gasteiger partial charge in [-0.25, -0.2) is 4.98 Å². The van der Waals surface area contributed by atoms with Crippen LogP contribution < -0.4 is 0 Å². The van der Waals surface area contributed by atoms with Crippen molar-refractivity contribution in [1.82, 2.24) is 9.55 Å². The molecule has 3 heteroatoms. The maximum absolute atomic E-state index is 4.31. The van der Waals surface area contributed by atoms with Crippen LogP contribution in [0.25, 0.3) is 6.08 Å². The van der Waals surface area contributed by atoms with Crippen LogP contribution in [0.2, 0.25) is 0 Å². The predicted molar refractivity (Wildman–Crippen MR) is 51.5 cm³/mol. The molecule has 1 aromatic heterocycles. The van der Waals surface area contributed by atoms with Crippen molar-refractivity contribution in [3.63, 3.8) is 0 Å². The van der Waals surface area contributed by atoms with Crippen molar-refractivity contribution in [2.45, 2.75) is 6.92 Å². The molecule has 0 spiro atoms. The third-order valence-electron chi connectivity index (χ3n) is 1.33. The van der Waals surface area contributed by atoms with Crippen molar-refractivity contribution < 1.29 is 0 Å². The Hall–Kier alpha value is -0.450. The minimum atomic E-state index is 0.156. The van der Waals surface area contributed by atoms with Gasteiger partial charge >= 0.3 is 0 Å². The zero-order valence-electron chi connectivity index (χ0n) is 5.58. The Kier molecular flexibility index (Phi) is 1.44. The molecule has 0 amide bonds. The summed E-state index contributed by atoms with van der Waals surface area (Å²) in [7, 11) is 0. The van der Waals surface area contributed by atoms with Crippen molar-refractivity contribution in [2.75, 3.05) is 0 Å². The number of rotatable bonds is 0. The molecule has 2 heterocycles. The second-order valence-electron chi connectivity index (χ2n) is 2.16. The second-order valence-corrected chi connectivity index (χ2v) is 4.16. The van der Waals surface area contributed by atoms with Crippen molar-refractivity contribution in [1.29, 1.82) is 0 Å². The summed E-state index contributed by atoms with van der Waals surface area (Å²) in [5.74, 6) is 1.07. The molecule has 0 unspecified atom stereocenters. The Morgan fingerprint density at radius 1 is 1.60 bits per heavy atom. The summed E-state index contributed by atoms with van der Waals surface area (Å²) in [4.78, 5) is 4.31. The monoisotopic (exact) mass is 246 g/mol. The Morgan fingerprint density at radius 3 is 3.30 bits per heavy atom. The van der Waals surface area contributed by atoms with E-state index >= 15 is 0 Å². The highest BCUT2D eigenvalue weighted by Crippen LogP contribution is 2.12. The molecule has 0 radical (unpaired) electrons. The van der Waals surface area contributed by atoms with Gasteiger partial charge in [-0.3, -0.25) is 0 Å². The van der Waals surface area contributed by atoms with Gasteiger partial charge in [-0.2, -0.15) is 0 Å². The van der Waals surface area contributed by atoms with Gasteiger partial charge in [-0.15, -0.1) is 0 Å². The average Bonchev–Trinajstić information content (AvgIpc) is 2.27. The highest BCUT2D eigenvalue weighted by molar-refractivity contribution is 14.2. The smallest absolute Gasteiger partial charge is 0.137 e. The number of halogens is 1. The van der Waals surface area contributed by atoms with Gasteiger partial charge in [0.25, 0.3) is 0 Å². The standard InChI is InChI=1S/C7H7IN2/c1-6-4-10-5-8-3-2-7(10)9-6/h2-5H,1H3.